The van der Waals surface area contributed by atoms with Crippen LogP contribution in [0.2, 0.25) is 0 Å². The summed E-state index contributed by atoms with van der Waals surface area (Å²) < 4.78 is 3.02. The molecule has 1 atom stereocenters. The number of nitrogens with zero attached hydrogens (tertiary/aromatic N) is 6. The topological polar surface area (TPSA) is 66.6 Å². The van der Waals surface area contributed by atoms with Crippen LogP contribution < -0.4 is 4.90 Å². The summed E-state index contributed by atoms with van der Waals surface area (Å²) in [6, 6.07) is 10.8. The minimum absolute atomic E-state index is 0.0445. The third-order valence-corrected chi connectivity index (χ3v) is 8.12. The maximum Gasteiger partial charge on any atom is 0.228 e. The molecule has 7 nitrogen and oxygen atoms in total. The third kappa shape index (κ3) is 3.20. The Morgan fingerprint density at radius 1 is 1.16 bits per heavy atom. The lowest BCUT2D eigenvalue weighted by atomic mass is 9.77. The maximum atomic E-state index is 13.1. The van der Waals surface area contributed by atoms with E-state index in [0.717, 1.165) is 55.2 Å². The van der Waals surface area contributed by atoms with Gasteiger partial charge in [0.1, 0.15) is 5.82 Å². The van der Waals surface area contributed by atoms with Crippen LogP contribution in [-0.2, 0) is 4.79 Å². The lowest BCUT2D eigenvalue weighted by Crippen LogP contribution is -2.42. The molecule has 6 rings (SSSR count). The number of rotatable bonds is 3. The zero-order valence-electron chi connectivity index (χ0n) is 18.4. The molecule has 1 aromatic carbocycles. The van der Waals surface area contributed by atoms with Gasteiger partial charge < -0.3 is 0 Å². The monoisotopic (exact) mass is 446 g/mol. The molecule has 0 saturated carbocycles. The van der Waals surface area contributed by atoms with Crippen molar-refractivity contribution >= 4 is 38.9 Å². The number of hydrogen-bond acceptors (Lipinski definition) is 6. The molecule has 0 bridgehead atoms. The second kappa shape index (κ2) is 7.35. The molecule has 2 fully saturated rings. The zero-order valence-corrected chi connectivity index (χ0v) is 19.2. The Morgan fingerprint density at radius 3 is 2.84 bits per heavy atom. The number of likely N-dealkylation sites (tertiary alicyclic amines) is 1. The summed E-state index contributed by atoms with van der Waals surface area (Å²) in [5.74, 6) is 1.04. The first-order valence-electron chi connectivity index (χ1n) is 11.2. The summed E-state index contributed by atoms with van der Waals surface area (Å²) in [7, 11) is 0. The molecule has 2 aliphatic heterocycles. The predicted molar refractivity (Wildman–Crippen MR) is 126 cm³/mol. The molecule has 0 radical (unpaired) electrons. The van der Waals surface area contributed by atoms with Crippen molar-refractivity contribution in [2.45, 2.75) is 39.2 Å². The summed E-state index contributed by atoms with van der Waals surface area (Å²) in [6.45, 7) is 7.02. The van der Waals surface area contributed by atoms with Crippen LogP contribution in [0.1, 0.15) is 43.5 Å². The minimum atomic E-state index is 0.0445. The SMILES string of the molecule is Cc1cc(N2CC3(CCN([C@@H](C)c4ccc5scnc5c4)CC3)CC2=O)n2nccc2n1. The number of aromatic nitrogens is 4. The second-order valence-electron chi connectivity index (χ2n) is 9.31. The maximum absolute atomic E-state index is 13.1. The van der Waals surface area contributed by atoms with Crippen LogP contribution in [0.25, 0.3) is 15.9 Å². The van der Waals surface area contributed by atoms with E-state index in [1.807, 2.05) is 29.5 Å². The number of piperidine rings is 1. The van der Waals surface area contributed by atoms with Gasteiger partial charge in [-0.05, 0) is 62.9 Å². The number of carbonyl (C=O) groups is 1. The number of fused-ring (bicyclic) bond motifs is 2. The average molecular weight is 447 g/mol. The van der Waals surface area contributed by atoms with Crippen molar-refractivity contribution < 1.29 is 4.79 Å². The molecule has 2 saturated heterocycles. The smallest absolute Gasteiger partial charge is 0.228 e. The fourth-order valence-corrected chi connectivity index (χ4v) is 6.04. The number of carbonyl (C=O) groups excluding carboxylic acids is 1. The van der Waals surface area contributed by atoms with Crippen molar-refractivity contribution in [1.82, 2.24) is 24.5 Å². The van der Waals surface area contributed by atoms with Crippen LogP contribution in [0.15, 0.2) is 42.0 Å². The zero-order chi connectivity index (χ0) is 21.9. The van der Waals surface area contributed by atoms with Crippen LogP contribution >= 0.6 is 11.3 Å². The Kier molecular flexibility index (Phi) is 4.55. The highest BCUT2D eigenvalue weighted by Crippen LogP contribution is 2.44. The molecule has 0 aliphatic carbocycles. The van der Waals surface area contributed by atoms with E-state index in [0.29, 0.717) is 12.5 Å². The van der Waals surface area contributed by atoms with Crippen LogP contribution in [0, 0.1) is 12.3 Å². The molecule has 3 aromatic heterocycles. The minimum Gasteiger partial charge on any atom is -0.297 e. The van der Waals surface area contributed by atoms with Gasteiger partial charge in [0.15, 0.2) is 5.65 Å². The lowest BCUT2D eigenvalue weighted by Gasteiger charge is -2.41. The van der Waals surface area contributed by atoms with Crippen LogP contribution in [0.3, 0.4) is 0 Å². The summed E-state index contributed by atoms with van der Waals surface area (Å²) in [5.41, 5.74) is 6.05. The molecule has 0 unspecified atom stereocenters. The first kappa shape index (κ1) is 19.8. The first-order chi connectivity index (χ1) is 15.5. The van der Waals surface area contributed by atoms with Crippen molar-refractivity contribution in [2.75, 3.05) is 24.5 Å². The molecule has 5 heterocycles. The van der Waals surface area contributed by atoms with Gasteiger partial charge in [0.05, 0.1) is 21.9 Å². The Balaban J connectivity index is 1.19. The van der Waals surface area contributed by atoms with Gasteiger partial charge in [-0.2, -0.15) is 9.61 Å². The standard InChI is InChI=1S/C24H26N6OS/c1-16-11-22(30-21(27-16)5-8-26-30)29-14-24(13-23(29)31)6-9-28(10-7-24)17(2)18-3-4-20-19(12-18)25-15-32-20/h3-5,8,11-12,15,17H,6-7,9-10,13-14H2,1-2H3/t17-/m0/s1. The van der Waals surface area contributed by atoms with Gasteiger partial charge in [-0.3, -0.25) is 14.6 Å². The van der Waals surface area contributed by atoms with Gasteiger partial charge in [0.25, 0.3) is 0 Å². The number of thiazole rings is 1. The van der Waals surface area contributed by atoms with Crippen molar-refractivity contribution in [2.24, 2.45) is 5.41 Å². The molecule has 1 spiro atoms. The molecule has 0 N–H and O–H groups in total. The molecule has 8 heteroatoms. The van der Waals surface area contributed by atoms with Crippen molar-refractivity contribution in [3.8, 4) is 0 Å². The molecule has 164 valence electrons. The number of benzene rings is 1. The van der Waals surface area contributed by atoms with Gasteiger partial charge in [-0.25, -0.2) is 9.97 Å². The largest absolute Gasteiger partial charge is 0.297 e. The highest BCUT2D eigenvalue weighted by atomic mass is 32.1. The van der Waals surface area contributed by atoms with Crippen LogP contribution in [0.5, 0.6) is 0 Å². The average Bonchev–Trinajstić information content (AvgIpc) is 3.51. The Bertz CT molecular complexity index is 1320. The number of amides is 1. The highest BCUT2D eigenvalue weighted by molar-refractivity contribution is 7.16. The number of anilines is 1. The van der Waals surface area contributed by atoms with Crippen molar-refractivity contribution in [3.63, 3.8) is 0 Å². The summed E-state index contributed by atoms with van der Waals surface area (Å²) in [5, 5.41) is 4.41. The Labute approximate surface area is 190 Å². The van der Waals surface area contributed by atoms with E-state index >= 15 is 0 Å². The fourth-order valence-electron chi connectivity index (χ4n) is 5.38. The normalized spacial score (nSPS) is 20.1. The Morgan fingerprint density at radius 2 is 2.00 bits per heavy atom. The molecule has 4 aromatic rings. The quantitative estimate of drug-likeness (QED) is 0.471. The second-order valence-corrected chi connectivity index (χ2v) is 10.2. The van der Waals surface area contributed by atoms with Gasteiger partial charge in [-0.15, -0.1) is 11.3 Å². The molecular formula is C24H26N6OS. The third-order valence-electron chi connectivity index (χ3n) is 7.31. The van der Waals surface area contributed by atoms with E-state index in [1.165, 1.54) is 10.3 Å². The molecule has 32 heavy (non-hydrogen) atoms. The van der Waals surface area contributed by atoms with Crippen molar-refractivity contribution in [1.29, 1.82) is 0 Å². The van der Waals surface area contributed by atoms with Gasteiger partial charge in [0.2, 0.25) is 5.91 Å². The van der Waals surface area contributed by atoms with Gasteiger partial charge >= 0.3 is 0 Å². The number of hydrogen-bond donors (Lipinski definition) is 0. The molecule has 2 aliphatic rings. The highest BCUT2D eigenvalue weighted by Gasteiger charge is 2.46. The molecule has 1 amide bonds. The van der Waals surface area contributed by atoms with E-state index < -0.39 is 0 Å². The summed E-state index contributed by atoms with van der Waals surface area (Å²) in [6.07, 6.45) is 4.42. The number of aryl methyl sites for hydroxylation is 1. The first-order valence-corrected chi connectivity index (χ1v) is 12.1. The Hall–Kier alpha value is -2.84. The van der Waals surface area contributed by atoms with E-state index in [9.17, 15) is 4.79 Å². The predicted octanol–water partition coefficient (Wildman–Crippen LogP) is 4.23. The fraction of sp³-hybridized carbons (Fsp3) is 0.417. The van der Waals surface area contributed by atoms with Crippen LogP contribution in [-0.4, -0.2) is 50.0 Å². The van der Waals surface area contributed by atoms with Crippen molar-refractivity contribution in [3.05, 3.63) is 53.3 Å². The van der Waals surface area contributed by atoms with Crippen LogP contribution in [0.4, 0.5) is 5.82 Å². The summed E-state index contributed by atoms with van der Waals surface area (Å²) in [4.78, 5) is 26.6. The lowest BCUT2D eigenvalue weighted by molar-refractivity contribution is -0.118. The summed E-state index contributed by atoms with van der Waals surface area (Å²) >= 11 is 1.69. The van der Waals surface area contributed by atoms with E-state index in [1.54, 1.807) is 22.0 Å². The van der Waals surface area contributed by atoms with Gasteiger partial charge in [-0.1, -0.05) is 6.07 Å². The van der Waals surface area contributed by atoms with E-state index in [2.05, 4.69) is 45.1 Å². The van der Waals surface area contributed by atoms with E-state index in [4.69, 9.17) is 0 Å². The molecular weight excluding hydrogens is 420 g/mol. The van der Waals surface area contributed by atoms with Gasteiger partial charge in [0, 0.05) is 36.8 Å². The van der Waals surface area contributed by atoms with E-state index in [-0.39, 0.29) is 11.3 Å².